The van der Waals surface area contributed by atoms with Crippen LogP contribution in [0.15, 0.2) is 35.2 Å². The van der Waals surface area contributed by atoms with Crippen LogP contribution in [0.2, 0.25) is 10.0 Å². The van der Waals surface area contributed by atoms with Crippen molar-refractivity contribution in [2.45, 2.75) is 36.7 Å². The number of carbonyl (C=O) groups is 1. The minimum atomic E-state index is -3.80. The minimum Gasteiger partial charge on any atom is -0.495 e. The molecule has 0 unspecified atom stereocenters. The lowest BCUT2D eigenvalue weighted by Gasteiger charge is -2.43. The van der Waals surface area contributed by atoms with Crippen LogP contribution in [0.1, 0.15) is 35.2 Å². The zero-order chi connectivity index (χ0) is 21.7. The molecule has 0 radical (unpaired) electrons. The summed E-state index contributed by atoms with van der Waals surface area (Å²) in [6.07, 6.45) is 1.01. The van der Waals surface area contributed by atoms with E-state index in [2.05, 4.69) is 0 Å². The largest absolute Gasteiger partial charge is 0.495 e. The summed E-state index contributed by atoms with van der Waals surface area (Å²) < 4.78 is 39.3. The van der Waals surface area contributed by atoms with Gasteiger partial charge in [0.2, 0.25) is 10.0 Å². The van der Waals surface area contributed by atoms with E-state index in [0.29, 0.717) is 34.2 Å². The molecule has 6 nitrogen and oxygen atoms in total. The van der Waals surface area contributed by atoms with Gasteiger partial charge in [0.1, 0.15) is 22.0 Å². The zero-order valence-electron chi connectivity index (χ0n) is 16.6. The molecule has 1 fully saturated rings. The molecule has 1 spiro atoms. The first-order chi connectivity index (χ1) is 14.1. The quantitative estimate of drug-likeness (QED) is 0.661. The number of rotatable bonds is 3. The van der Waals surface area contributed by atoms with Crippen molar-refractivity contribution in [1.29, 1.82) is 0 Å². The second-order valence-electron chi connectivity index (χ2n) is 7.68. The Morgan fingerprint density at radius 1 is 1.13 bits per heavy atom. The van der Waals surface area contributed by atoms with Gasteiger partial charge in [-0.1, -0.05) is 23.2 Å². The van der Waals surface area contributed by atoms with Gasteiger partial charge in [-0.2, -0.15) is 4.31 Å². The van der Waals surface area contributed by atoms with E-state index in [4.69, 9.17) is 32.7 Å². The van der Waals surface area contributed by atoms with Crippen molar-refractivity contribution in [3.63, 3.8) is 0 Å². The van der Waals surface area contributed by atoms with E-state index in [1.807, 2.05) is 6.92 Å². The van der Waals surface area contributed by atoms with Crippen LogP contribution in [-0.4, -0.2) is 44.3 Å². The maximum absolute atomic E-state index is 13.2. The van der Waals surface area contributed by atoms with Crippen LogP contribution in [0.5, 0.6) is 11.5 Å². The number of nitrogens with zero attached hydrogens (tertiary/aromatic N) is 1. The van der Waals surface area contributed by atoms with Crippen LogP contribution >= 0.6 is 23.2 Å². The minimum absolute atomic E-state index is 0.0321. The van der Waals surface area contributed by atoms with Crippen molar-refractivity contribution in [2.75, 3.05) is 20.2 Å². The summed E-state index contributed by atoms with van der Waals surface area (Å²) >= 11 is 12.2. The van der Waals surface area contributed by atoms with Crippen molar-refractivity contribution in [1.82, 2.24) is 4.31 Å². The van der Waals surface area contributed by atoms with Gasteiger partial charge in [-0.15, -0.1) is 0 Å². The molecule has 30 heavy (non-hydrogen) atoms. The van der Waals surface area contributed by atoms with Crippen molar-refractivity contribution < 1.29 is 22.7 Å². The maximum Gasteiger partial charge on any atom is 0.246 e. The number of sulfonamides is 1. The number of carbonyl (C=O) groups excluding carboxylic acids is 1. The van der Waals surface area contributed by atoms with E-state index in [1.54, 1.807) is 18.2 Å². The van der Waals surface area contributed by atoms with Gasteiger partial charge >= 0.3 is 0 Å². The molecule has 2 aromatic carbocycles. The van der Waals surface area contributed by atoms with Crippen LogP contribution in [0.25, 0.3) is 0 Å². The molecule has 2 aliphatic rings. The molecule has 0 amide bonds. The zero-order valence-corrected chi connectivity index (χ0v) is 18.9. The smallest absolute Gasteiger partial charge is 0.246 e. The molecule has 0 aromatic heterocycles. The van der Waals surface area contributed by atoms with E-state index >= 15 is 0 Å². The summed E-state index contributed by atoms with van der Waals surface area (Å²) in [7, 11) is -2.39. The van der Waals surface area contributed by atoms with Crippen LogP contribution in [-0.2, 0) is 10.0 Å². The van der Waals surface area contributed by atoms with Gasteiger partial charge in [0.05, 0.1) is 19.1 Å². The normalized spacial score (nSPS) is 18.7. The van der Waals surface area contributed by atoms with Gasteiger partial charge in [-0.25, -0.2) is 8.42 Å². The van der Waals surface area contributed by atoms with E-state index in [1.165, 1.54) is 23.5 Å². The van der Waals surface area contributed by atoms with E-state index in [-0.39, 0.29) is 35.9 Å². The lowest BCUT2D eigenvalue weighted by molar-refractivity contribution is 0.00587. The second-order valence-corrected chi connectivity index (χ2v) is 10.4. The first-order valence-electron chi connectivity index (χ1n) is 9.51. The third kappa shape index (κ3) is 3.68. The molecule has 2 aliphatic heterocycles. The summed E-state index contributed by atoms with van der Waals surface area (Å²) in [4.78, 5) is 12.8. The first-order valence-corrected chi connectivity index (χ1v) is 11.7. The fourth-order valence-corrected chi connectivity index (χ4v) is 6.04. The number of ketones is 1. The molecule has 0 bridgehead atoms. The number of ether oxygens (including phenoxy) is 2. The third-order valence-corrected chi connectivity index (χ3v) is 8.31. The maximum atomic E-state index is 13.2. The van der Waals surface area contributed by atoms with Gasteiger partial charge < -0.3 is 9.47 Å². The van der Waals surface area contributed by atoms with Gasteiger partial charge in [-0.05, 0) is 42.8 Å². The standard InChI is InChI=1S/C21H21Cl2NO5S/c1-13-9-19-15(11-16(13)23)17(25)12-21(29-19)5-7-24(8-6-21)30(26,27)20-10-14(22)3-4-18(20)28-2/h3-4,9-11H,5-8,12H2,1-2H3. The summed E-state index contributed by atoms with van der Waals surface area (Å²) in [5.41, 5.74) is 0.595. The first kappa shape index (κ1) is 21.4. The second kappa shape index (κ2) is 7.71. The molecule has 1 saturated heterocycles. The van der Waals surface area contributed by atoms with Crippen LogP contribution in [0.4, 0.5) is 0 Å². The van der Waals surface area contributed by atoms with Gasteiger partial charge in [0.25, 0.3) is 0 Å². The van der Waals surface area contributed by atoms with Gasteiger partial charge in [0.15, 0.2) is 5.78 Å². The van der Waals surface area contributed by atoms with Crippen molar-refractivity contribution in [3.05, 3.63) is 51.5 Å². The Bertz CT molecular complexity index is 1120. The average Bonchev–Trinajstić information content (AvgIpc) is 2.70. The van der Waals surface area contributed by atoms with Crippen molar-refractivity contribution >= 4 is 39.0 Å². The predicted octanol–water partition coefficient (Wildman–Crippen LogP) is 4.50. The van der Waals surface area contributed by atoms with Crippen LogP contribution in [0, 0.1) is 6.92 Å². The molecule has 4 rings (SSSR count). The summed E-state index contributed by atoms with van der Waals surface area (Å²) in [6, 6.07) is 7.93. The Morgan fingerprint density at radius 3 is 2.50 bits per heavy atom. The Balaban J connectivity index is 1.57. The lowest BCUT2D eigenvalue weighted by atomic mass is 9.83. The number of fused-ring (bicyclic) bond motifs is 1. The number of benzene rings is 2. The summed E-state index contributed by atoms with van der Waals surface area (Å²) in [5.74, 6) is 0.719. The predicted molar refractivity (Wildman–Crippen MR) is 114 cm³/mol. The van der Waals surface area contributed by atoms with Crippen LogP contribution in [0.3, 0.4) is 0 Å². The summed E-state index contributed by atoms with van der Waals surface area (Å²) in [6.45, 7) is 2.31. The molecule has 2 heterocycles. The van der Waals surface area contributed by atoms with Crippen molar-refractivity contribution in [2.24, 2.45) is 0 Å². The number of Topliss-reactive ketones (excluding diaryl/α,β-unsaturated/α-hetero) is 1. The van der Waals surface area contributed by atoms with Crippen LogP contribution < -0.4 is 9.47 Å². The number of piperidine rings is 1. The Hall–Kier alpha value is -1.80. The topological polar surface area (TPSA) is 72.9 Å². The molecule has 160 valence electrons. The Morgan fingerprint density at radius 2 is 1.83 bits per heavy atom. The number of aryl methyl sites for hydroxylation is 1. The monoisotopic (exact) mass is 469 g/mol. The highest BCUT2D eigenvalue weighted by Crippen LogP contribution is 2.42. The number of methoxy groups -OCH3 is 1. The fourth-order valence-electron chi connectivity index (χ4n) is 4.02. The highest BCUT2D eigenvalue weighted by Gasteiger charge is 2.45. The average molecular weight is 470 g/mol. The highest BCUT2D eigenvalue weighted by atomic mass is 35.5. The number of hydrogen-bond acceptors (Lipinski definition) is 5. The number of halogens is 2. The molecule has 0 N–H and O–H groups in total. The highest BCUT2D eigenvalue weighted by molar-refractivity contribution is 7.89. The summed E-state index contributed by atoms with van der Waals surface area (Å²) in [5, 5.41) is 0.840. The van der Waals surface area contributed by atoms with E-state index in [9.17, 15) is 13.2 Å². The lowest BCUT2D eigenvalue weighted by Crippen LogP contribution is -2.52. The van der Waals surface area contributed by atoms with E-state index in [0.717, 1.165) is 5.56 Å². The third-order valence-electron chi connectivity index (χ3n) is 5.75. The van der Waals surface area contributed by atoms with Gasteiger partial charge in [0, 0.05) is 36.0 Å². The van der Waals surface area contributed by atoms with E-state index < -0.39 is 15.6 Å². The molecular weight excluding hydrogens is 449 g/mol. The SMILES string of the molecule is COc1ccc(Cl)cc1S(=O)(=O)N1CCC2(CC1)CC(=O)c1cc(Cl)c(C)cc1O2. The molecule has 0 saturated carbocycles. The molecule has 0 aliphatic carbocycles. The molecule has 0 atom stereocenters. The Kier molecular flexibility index (Phi) is 5.51. The molecule has 2 aromatic rings. The fraction of sp³-hybridized carbons (Fsp3) is 0.381. The molecular formula is C21H21Cl2NO5S. The van der Waals surface area contributed by atoms with Crippen molar-refractivity contribution in [3.8, 4) is 11.5 Å². The molecule has 9 heteroatoms. The van der Waals surface area contributed by atoms with Gasteiger partial charge in [-0.3, -0.25) is 4.79 Å². The Labute approximate surface area is 185 Å². The number of hydrogen-bond donors (Lipinski definition) is 0.